The predicted octanol–water partition coefficient (Wildman–Crippen LogP) is 5.64. The minimum Gasteiger partial charge on any atom is -0.325 e. The van der Waals surface area contributed by atoms with Crippen molar-refractivity contribution in [3.8, 4) is 11.1 Å². The van der Waals surface area contributed by atoms with Crippen LogP contribution in [0.4, 0.5) is 11.5 Å². The van der Waals surface area contributed by atoms with Crippen molar-refractivity contribution >= 4 is 34.0 Å². The molecule has 1 aromatic heterocycles. The molecule has 0 saturated heterocycles. The van der Waals surface area contributed by atoms with Crippen LogP contribution in [0.3, 0.4) is 0 Å². The molecule has 126 valence electrons. The maximum Gasteiger partial charge on any atom is 0.144 e. The molecule has 0 atom stereocenters. The lowest BCUT2D eigenvalue weighted by molar-refractivity contribution is 0.975. The van der Waals surface area contributed by atoms with E-state index in [2.05, 4.69) is 63.4 Å². The van der Waals surface area contributed by atoms with Crippen LogP contribution in [0, 0.1) is 0 Å². The quantitative estimate of drug-likeness (QED) is 0.464. The molecule has 0 saturated carbocycles. The van der Waals surface area contributed by atoms with Gasteiger partial charge in [0.25, 0.3) is 0 Å². The molecular weight excluding hydrogens is 342 g/mol. The lowest BCUT2D eigenvalue weighted by Gasteiger charge is -2.20. The van der Waals surface area contributed by atoms with Gasteiger partial charge in [0.2, 0.25) is 0 Å². The van der Waals surface area contributed by atoms with Gasteiger partial charge in [-0.15, -0.1) is 0 Å². The molecule has 0 bridgehead atoms. The van der Waals surface area contributed by atoms with Crippen molar-refractivity contribution in [3.05, 3.63) is 83.6 Å². The van der Waals surface area contributed by atoms with E-state index in [4.69, 9.17) is 11.6 Å². The first-order valence-electron chi connectivity index (χ1n) is 8.66. The number of nitrogens with zero attached hydrogens (tertiary/aromatic N) is 3. The first kappa shape index (κ1) is 15.4. The molecule has 0 amide bonds. The highest BCUT2D eigenvalue weighted by Crippen LogP contribution is 2.38. The molecule has 0 radical (unpaired) electrons. The Morgan fingerprint density at radius 1 is 0.846 bits per heavy atom. The average Bonchev–Trinajstić information content (AvgIpc) is 3.10. The fraction of sp³-hybridized carbons (Fsp3) is 0.0909. The van der Waals surface area contributed by atoms with Gasteiger partial charge in [-0.1, -0.05) is 54.1 Å². The summed E-state index contributed by atoms with van der Waals surface area (Å²) >= 11 is 6.24. The zero-order valence-corrected chi connectivity index (χ0v) is 14.8. The van der Waals surface area contributed by atoms with Crippen LogP contribution in [-0.4, -0.2) is 16.5 Å². The Morgan fingerprint density at radius 3 is 2.62 bits per heavy atom. The van der Waals surface area contributed by atoms with Crippen molar-refractivity contribution in [3.63, 3.8) is 0 Å². The lowest BCUT2D eigenvalue weighted by atomic mass is 10.0. The summed E-state index contributed by atoms with van der Waals surface area (Å²) in [7, 11) is 0. The summed E-state index contributed by atoms with van der Waals surface area (Å²) in [6.07, 6.45) is 2.64. The Morgan fingerprint density at radius 2 is 1.73 bits per heavy atom. The summed E-state index contributed by atoms with van der Waals surface area (Å²) in [5.41, 5.74) is 5.75. The second-order valence-corrected chi connectivity index (χ2v) is 6.91. The van der Waals surface area contributed by atoms with Crippen LogP contribution in [-0.2, 0) is 6.42 Å². The van der Waals surface area contributed by atoms with Gasteiger partial charge in [0.15, 0.2) is 0 Å². The second kappa shape index (κ2) is 6.11. The molecule has 1 aliphatic heterocycles. The van der Waals surface area contributed by atoms with Gasteiger partial charge < -0.3 is 4.90 Å². The maximum absolute atomic E-state index is 6.24. The molecule has 4 heteroatoms. The van der Waals surface area contributed by atoms with Crippen molar-refractivity contribution in [1.82, 2.24) is 9.97 Å². The van der Waals surface area contributed by atoms with E-state index in [1.165, 1.54) is 16.7 Å². The lowest BCUT2D eigenvalue weighted by Crippen LogP contribution is -2.15. The van der Waals surface area contributed by atoms with Crippen LogP contribution in [0.25, 0.3) is 22.0 Å². The summed E-state index contributed by atoms with van der Waals surface area (Å²) in [5.74, 6) is 0.939. The molecular formula is C22H16ClN3. The summed E-state index contributed by atoms with van der Waals surface area (Å²) in [4.78, 5) is 11.3. The summed E-state index contributed by atoms with van der Waals surface area (Å²) < 4.78 is 0. The molecule has 0 fully saturated rings. The minimum absolute atomic E-state index is 0.749. The van der Waals surface area contributed by atoms with Crippen LogP contribution in [0.15, 0.2) is 73.1 Å². The van der Waals surface area contributed by atoms with E-state index in [9.17, 15) is 0 Å². The second-order valence-electron chi connectivity index (χ2n) is 6.47. The summed E-state index contributed by atoms with van der Waals surface area (Å²) in [6.45, 7) is 0.900. The van der Waals surface area contributed by atoms with E-state index in [1.807, 2.05) is 18.2 Å². The van der Waals surface area contributed by atoms with Crippen molar-refractivity contribution < 1.29 is 0 Å². The molecule has 3 aromatic carbocycles. The number of hydrogen-bond donors (Lipinski definition) is 0. The number of aromatic nitrogens is 2. The topological polar surface area (TPSA) is 29.0 Å². The number of hydrogen-bond acceptors (Lipinski definition) is 3. The highest BCUT2D eigenvalue weighted by atomic mass is 35.5. The Bertz CT molecular complexity index is 1110. The van der Waals surface area contributed by atoms with Gasteiger partial charge in [-0.25, -0.2) is 9.97 Å². The fourth-order valence-electron chi connectivity index (χ4n) is 3.64. The van der Waals surface area contributed by atoms with Gasteiger partial charge in [0.05, 0.1) is 5.52 Å². The zero-order chi connectivity index (χ0) is 17.5. The third-order valence-electron chi connectivity index (χ3n) is 4.92. The molecule has 1 aliphatic rings. The number of anilines is 2. The standard InChI is InChI=1S/C22H16ClN3/c23-18-8-6-16-10-11-26(21(16)13-18)22-19-12-17(15-4-2-1-3-5-15)7-9-20(19)24-14-25-22/h1-9,12-14H,10-11H2. The number of halogens is 1. The fourth-order valence-corrected chi connectivity index (χ4v) is 3.81. The average molecular weight is 358 g/mol. The summed E-state index contributed by atoms with van der Waals surface area (Å²) in [5, 5.41) is 1.81. The number of benzene rings is 3. The van der Waals surface area contributed by atoms with E-state index in [0.29, 0.717) is 0 Å². The van der Waals surface area contributed by atoms with Crippen LogP contribution >= 0.6 is 11.6 Å². The first-order valence-corrected chi connectivity index (χ1v) is 9.03. The van der Waals surface area contributed by atoms with Gasteiger partial charge in [-0.05, 0) is 47.4 Å². The molecule has 26 heavy (non-hydrogen) atoms. The largest absolute Gasteiger partial charge is 0.325 e. The molecule has 3 nitrogen and oxygen atoms in total. The smallest absolute Gasteiger partial charge is 0.144 e. The molecule has 5 rings (SSSR count). The molecule has 2 heterocycles. The summed E-state index contributed by atoms with van der Waals surface area (Å²) in [6, 6.07) is 22.8. The van der Waals surface area contributed by atoms with Gasteiger partial charge in [0.1, 0.15) is 12.1 Å². The number of rotatable bonds is 2. The first-order chi connectivity index (χ1) is 12.8. The predicted molar refractivity (Wildman–Crippen MR) is 107 cm³/mol. The van der Waals surface area contributed by atoms with Gasteiger partial charge in [-0.3, -0.25) is 0 Å². The van der Waals surface area contributed by atoms with Crippen molar-refractivity contribution in [2.45, 2.75) is 6.42 Å². The molecule has 4 aromatic rings. The van der Waals surface area contributed by atoms with Gasteiger partial charge in [-0.2, -0.15) is 0 Å². The highest BCUT2D eigenvalue weighted by molar-refractivity contribution is 6.31. The van der Waals surface area contributed by atoms with Crippen molar-refractivity contribution in [2.75, 3.05) is 11.4 Å². The van der Waals surface area contributed by atoms with E-state index in [1.54, 1.807) is 6.33 Å². The third-order valence-corrected chi connectivity index (χ3v) is 5.16. The monoisotopic (exact) mass is 357 g/mol. The van der Waals surface area contributed by atoms with Gasteiger partial charge >= 0.3 is 0 Å². The van der Waals surface area contributed by atoms with E-state index < -0.39 is 0 Å². The Balaban J connectivity index is 1.69. The Labute approximate surface area is 156 Å². The third kappa shape index (κ3) is 2.52. The van der Waals surface area contributed by atoms with Gasteiger partial charge in [0, 0.05) is 22.6 Å². The van der Waals surface area contributed by atoms with Crippen LogP contribution in [0.2, 0.25) is 5.02 Å². The Hall–Kier alpha value is -2.91. The minimum atomic E-state index is 0.749. The molecule has 0 unspecified atom stereocenters. The zero-order valence-electron chi connectivity index (χ0n) is 14.1. The van der Waals surface area contributed by atoms with Crippen molar-refractivity contribution in [1.29, 1.82) is 0 Å². The highest BCUT2D eigenvalue weighted by Gasteiger charge is 2.23. The van der Waals surface area contributed by atoms with E-state index in [-0.39, 0.29) is 0 Å². The van der Waals surface area contributed by atoms with E-state index in [0.717, 1.165) is 40.4 Å². The van der Waals surface area contributed by atoms with Crippen LogP contribution in [0.5, 0.6) is 0 Å². The molecule has 0 aliphatic carbocycles. The maximum atomic E-state index is 6.24. The van der Waals surface area contributed by atoms with Crippen LogP contribution < -0.4 is 4.90 Å². The van der Waals surface area contributed by atoms with Crippen LogP contribution in [0.1, 0.15) is 5.56 Å². The molecule has 0 N–H and O–H groups in total. The normalized spacial score (nSPS) is 13.2. The number of fused-ring (bicyclic) bond motifs is 2. The Kier molecular flexibility index (Phi) is 3.61. The SMILES string of the molecule is Clc1ccc2c(c1)N(c1ncnc3ccc(-c4ccccc4)cc13)CC2. The van der Waals surface area contributed by atoms with E-state index >= 15 is 0 Å². The van der Waals surface area contributed by atoms with Crippen molar-refractivity contribution in [2.24, 2.45) is 0 Å². The molecule has 0 spiro atoms.